The summed E-state index contributed by atoms with van der Waals surface area (Å²) in [7, 11) is 0. The number of rotatable bonds is 4. The van der Waals surface area contributed by atoms with Crippen molar-refractivity contribution in [3.05, 3.63) is 45.9 Å². The lowest BCUT2D eigenvalue weighted by atomic mass is 9.99. The van der Waals surface area contributed by atoms with E-state index in [1.54, 1.807) is 6.20 Å². The molecule has 1 saturated heterocycles. The maximum absolute atomic E-state index is 12.5. The fourth-order valence-corrected chi connectivity index (χ4v) is 3.67. The molecule has 2 heterocycles. The van der Waals surface area contributed by atoms with Gasteiger partial charge < -0.3 is 9.64 Å². The molecule has 0 bridgehead atoms. The van der Waals surface area contributed by atoms with Crippen molar-refractivity contribution < 1.29 is 9.53 Å². The van der Waals surface area contributed by atoms with E-state index in [2.05, 4.69) is 18.0 Å². The predicted molar refractivity (Wildman–Crippen MR) is 92.2 cm³/mol. The van der Waals surface area contributed by atoms with Crippen molar-refractivity contribution in [2.75, 3.05) is 19.7 Å². The van der Waals surface area contributed by atoms with Crippen LogP contribution in [0.1, 0.15) is 33.1 Å². The third kappa shape index (κ3) is 3.91. The molecule has 0 N–H and O–H groups in total. The van der Waals surface area contributed by atoms with Crippen molar-refractivity contribution in [2.45, 2.75) is 26.7 Å². The van der Waals surface area contributed by atoms with Crippen molar-refractivity contribution in [1.82, 2.24) is 9.88 Å². The number of amides is 1. The number of aromatic nitrogens is 1. The standard InChI is InChI=1S/C18H22N2O2S/c1-13-6-3-4-8-16(13)22-12-15-7-5-9-20(11-15)18(21)17-10-19-14(2)23-17/h3-4,6,8,10,15H,5,7,9,11-12H2,1-2H3/t15-/m1/s1. The van der Waals surface area contributed by atoms with Crippen LogP contribution in [-0.2, 0) is 0 Å². The maximum Gasteiger partial charge on any atom is 0.265 e. The van der Waals surface area contributed by atoms with Gasteiger partial charge in [-0.15, -0.1) is 11.3 Å². The first kappa shape index (κ1) is 16.0. The number of ether oxygens (including phenoxy) is 1. The maximum atomic E-state index is 12.5. The highest BCUT2D eigenvalue weighted by molar-refractivity contribution is 7.13. The second-order valence-corrected chi connectivity index (χ2v) is 7.31. The van der Waals surface area contributed by atoms with Crippen LogP contribution in [0.3, 0.4) is 0 Å². The Balaban J connectivity index is 1.58. The quantitative estimate of drug-likeness (QED) is 0.858. The van der Waals surface area contributed by atoms with Crippen LogP contribution >= 0.6 is 11.3 Å². The fraction of sp³-hybridized carbons (Fsp3) is 0.444. The number of likely N-dealkylation sites (tertiary alicyclic amines) is 1. The molecule has 0 unspecified atom stereocenters. The van der Waals surface area contributed by atoms with Gasteiger partial charge in [0.05, 0.1) is 17.8 Å². The minimum atomic E-state index is 0.108. The van der Waals surface area contributed by atoms with Gasteiger partial charge in [-0.25, -0.2) is 4.98 Å². The molecule has 0 aliphatic carbocycles. The molecule has 0 saturated carbocycles. The van der Waals surface area contributed by atoms with Crippen LogP contribution in [0.2, 0.25) is 0 Å². The largest absolute Gasteiger partial charge is 0.493 e. The molecule has 23 heavy (non-hydrogen) atoms. The number of piperidine rings is 1. The van der Waals surface area contributed by atoms with Crippen LogP contribution in [0.5, 0.6) is 5.75 Å². The van der Waals surface area contributed by atoms with Gasteiger partial charge in [-0.05, 0) is 38.3 Å². The number of hydrogen-bond acceptors (Lipinski definition) is 4. The number of carbonyl (C=O) groups is 1. The first-order chi connectivity index (χ1) is 11.1. The summed E-state index contributed by atoms with van der Waals surface area (Å²) >= 11 is 1.47. The zero-order chi connectivity index (χ0) is 16.2. The first-order valence-electron chi connectivity index (χ1n) is 8.03. The Bertz CT molecular complexity index is 683. The molecule has 5 heteroatoms. The van der Waals surface area contributed by atoms with Gasteiger partial charge in [-0.1, -0.05) is 18.2 Å². The summed E-state index contributed by atoms with van der Waals surface area (Å²) in [4.78, 5) is 19.4. The summed E-state index contributed by atoms with van der Waals surface area (Å²) in [6.45, 7) is 6.24. The molecule has 1 aliphatic heterocycles. The van der Waals surface area contributed by atoms with Gasteiger partial charge in [0, 0.05) is 19.0 Å². The Kier molecular flexibility index (Phi) is 4.96. The van der Waals surface area contributed by atoms with E-state index in [1.807, 2.05) is 30.0 Å². The van der Waals surface area contributed by atoms with Gasteiger partial charge in [-0.2, -0.15) is 0 Å². The van der Waals surface area contributed by atoms with Gasteiger partial charge in [-0.3, -0.25) is 4.79 Å². The number of nitrogens with zero attached hydrogens (tertiary/aromatic N) is 2. The lowest BCUT2D eigenvalue weighted by Gasteiger charge is -2.32. The van der Waals surface area contributed by atoms with Crippen molar-refractivity contribution in [2.24, 2.45) is 5.92 Å². The van der Waals surface area contributed by atoms with E-state index in [0.29, 0.717) is 12.5 Å². The summed E-state index contributed by atoms with van der Waals surface area (Å²) in [6, 6.07) is 8.06. The average molecular weight is 330 g/mol. The fourth-order valence-electron chi connectivity index (χ4n) is 2.93. The van der Waals surface area contributed by atoms with E-state index in [0.717, 1.165) is 47.1 Å². The van der Waals surface area contributed by atoms with Crippen molar-refractivity contribution in [1.29, 1.82) is 0 Å². The van der Waals surface area contributed by atoms with Crippen LogP contribution in [0, 0.1) is 19.8 Å². The minimum Gasteiger partial charge on any atom is -0.493 e. The van der Waals surface area contributed by atoms with Crippen LogP contribution in [0.15, 0.2) is 30.5 Å². The highest BCUT2D eigenvalue weighted by atomic mass is 32.1. The Morgan fingerprint density at radius 3 is 2.96 bits per heavy atom. The van der Waals surface area contributed by atoms with E-state index in [1.165, 1.54) is 11.3 Å². The molecular weight excluding hydrogens is 308 g/mol. The molecule has 4 nitrogen and oxygen atoms in total. The molecule has 3 rings (SSSR count). The topological polar surface area (TPSA) is 42.4 Å². The first-order valence-corrected chi connectivity index (χ1v) is 8.85. The minimum absolute atomic E-state index is 0.108. The number of benzene rings is 1. The molecule has 122 valence electrons. The predicted octanol–water partition coefficient (Wildman–Crippen LogP) is 3.69. The Hall–Kier alpha value is -1.88. The average Bonchev–Trinajstić information content (AvgIpc) is 3.00. The van der Waals surface area contributed by atoms with Gasteiger partial charge in [0.15, 0.2) is 0 Å². The number of carbonyl (C=O) groups excluding carboxylic acids is 1. The van der Waals surface area contributed by atoms with Crippen molar-refractivity contribution >= 4 is 17.2 Å². The monoisotopic (exact) mass is 330 g/mol. The summed E-state index contributed by atoms with van der Waals surface area (Å²) < 4.78 is 5.97. The third-order valence-electron chi connectivity index (χ3n) is 4.21. The van der Waals surface area contributed by atoms with Crippen LogP contribution in [0.25, 0.3) is 0 Å². The second-order valence-electron chi connectivity index (χ2n) is 6.08. The lowest BCUT2D eigenvalue weighted by Crippen LogP contribution is -2.41. The molecule has 2 aromatic rings. The number of para-hydroxylation sites is 1. The lowest BCUT2D eigenvalue weighted by molar-refractivity contribution is 0.0637. The summed E-state index contributed by atoms with van der Waals surface area (Å²) in [5.41, 5.74) is 1.15. The number of aryl methyl sites for hydroxylation is 2. The van der Waals surface area contributed by atoms with Crippen LogP contribution in [0.4, 0.5) is 0 Å². The molecule has 1 aromatic heterocycles. The SMILES string of the molecule is Cc1ncc(C(=O)N2CCC[C@@H](COc3ccccc3C)C2)s1. The van der Waals surface area contributed by atoms with Gasteiger partial charge >= 0.3 is 0 Å². The number of hydrogen-bond donors (Lipinski definition) is 0. The van der Waals surface area contributed by atoms with E-state index >= 15 is 0 Å². The van der Waals surface area contributed by atoms with Gasteiger partial charge in [0.25, 0.3) is 5.91 Å². The van der Waals surface area contributed by atoms with Gasteiger partial charge in [0.2, 0.25) is 0 Å². The van der Waals surface area contributed by atoms with Crippen LogP contribution in [-0.4, -0.2) is 35.5 Å². The van der Waals surface area contributed by atoms with E-state index in [4.69, 9.17) is 4.74 Å². The third-order valence-corrected chi connectivity index (χ3v) is 5.11. The summed E-state index contributed by atoms with van der Waals surface area (Å²) in [5.74, 6) is 1.44. The highest BCUT2D eigenvalue weighted by Crippen LogP contribution is 2.23. The molecule has 1 amide bonds. The van der Waals surface area contributed by atoms with E-state index < -0.39 is 0 Å². The Morgan fingerprint density at radius 1 is 1.39 bits per heavy atom. The smallest absolute Gasteiger partial charge is 0.265 e. The molecule has 0 spiro atoms. The number of thiazole rings is 1. The molecule has 0 radical (unpaired) electrons. The van der Waals surface area contributed by atoms with Gasteiger partial charge in [0.1, 0.15) is 10.6 Å². The second kappa shape index (κ2) is 7.13. The van der Waals surface area contributed by atoms with E-state index in [-0.39, 0.29) is 5.91 Å². The molecule has 1 fully saturated rings. The van der Waals surface area contributed by atoms with Crippen LogP contribution < -0.4 is 4.74 Å². The zero-order valence-electron chi connectivity index (χ0n) is 13.6. The molecular formula is C18H22N2O2S. The molecule has 1 aliphatic rings. The Morgan fingerprint density at radius 2 is 2.22 bits per heavy atom. The normalized spacial score (nSPS) is 18.0. The van der Waals surface area contributed by atoms with Crippen molar-refractivity contribution in [3.63, 3.8) is 0 Å². The highest BCUT2D eigenvalue weighted by Gasteiger charge is 2.26. The van der Waals surface area contributed by atoms with Crippen molar-refractivity contribution in [3.8, 4) is 5.75 Å². The summed E-state index contributed by atoms with van der Waals surface area (Å²) in [5, 5.41) is 0.935. The molecule has 1 aromatic carbocycles. The Labute approximate surface area is 141 Å². The summed E-state index contributed by atoms with van der Waals surface area (Å²) in [6.07, 6.45) is 3.83. The zero-order valence-corrected chi connectivity index (χ0v) is 14.4. The van der Waals surface area contributed by atoms with E-state index in [9.17, 15) is 4.79 Å². The molecule has 1 atom stereocenters.